The van der Waals surface area contributed by atoms with Gasteiger partial charge in [-0.3, -0.25) is 4.79 Å². The highest BCUT2D eigenvalue weighted by Gasteiger charge is 2.15. The van der Waals surface area contributed by atoms with E-state index in [9.17, 15) is 9.90 Å². The highest BCUT2D eigenvalue weighted by atomic mass is 16.3. The van der Waals surface area contributed by atoms with E-state index in [1.165, 1.54) is 6.92 Å². The Bertz CT molecular complexity index is 398. The maximum atomic E-state index is 11.3. The van der Waals surface area contributed by atoms with Gasteiger partial charge in [-0.25, -0.2) is 0 Å². The number of carbonyl (C=O) groups is 1. The van der Waals surface area contributed by atoms with Crippen LogP contribution < -0.4 is 10.2 Å². The maximum absolute atomic E-state index is 11.3. The molecule has 0 radical (unpaired) electrons. The Balaban J connectivity index is 2.30. The van der Waals surface area contributed by atoms with E-state index in [4.69, 9.17) is 0 Å². The minimum absolute atomic E-state index is 0.0244. The monoisotopic (exact) mass is 220 g/mol. The number of nitrogens with one attached hydrogen (secondary N) is 1. The summed E-state index contributed by atoms with van der Waals surface area (Å²) in [5, 5.41) is 13.0. The smallest absolute Gasteiger partial charge is 0.159 e. The second kappa shape index (κ2) is 4.53. The van der Waals surface area contributed by atoms with Gasteiger partial charge in [-0.2, -0.15) is 0 Å². The molecule has 0 amide bonds. The normalized spacial score (nSPS) is 16.2. The van der Waals surface area contributed by atoms with E-state index in [1.807, 2.05) is 0 Å². The lowest BCUT2D eigenvalue weighted by molar-refractivity contribution is 0.101. The second-order valence-electron chi connectivity index (χ2n) is 4.00. The van der Waals surface area contributed by atoms with Gasteiger partial charge in [0.05, 0.1) is 5.69 Å². The molecule has 1 heterocycles. The van der Waals surface area contributed by atoms with Gasteiger partial charge >= 0.3 is 0 Å². The summed E-state index contributed by atoms with van der Waals surface area (Å²) in [6, 6.07) is 5.01. The molecule has 86 valence electrons. The number of phenolic OH excluding ortho intramolecular Hbond substituents is 1. The Kier molecular flexibility index (Phi) is 3.10. The summed E-state index contributed by atoms with van der Waals surface area (Å²) in [6.07, 6.45) is 0. The van der Waals surface area contributed by atoms with Gasteiger partial charge in [0.25, 0.3) is 0 Å². The number of anilines is 1. The highest BCUT2D eigenvalue weighted by Crippen LogP contribution is 2.28. The summed E-state index contributed by atoms with van der Waals surface area (Å²) in [7, 11) is 0. The topological polar surface area (TPSA) is 52.6 Å². The number of piperazine rings is 1. The van der Waals surface area contributed by atoms with Crippen molar-refractivity contribution in [2.24, 2.45) is 0 Å². The number of hydrogen-bond donors (Lipinski definition) is 2. The standard InChI is InChI=1S/C12H16N2O2/c1-9(15)10-2-3-12(16)11(8-10)14-6-4-13-5-7-14/h2-3,8,13,16H,4-7H2,1H3. The van der Waals surface area contributed by atoms with Crippen LogP contribution >= 0.6 is 0 Å². The van der Waals surface area contributed by atoms with E-state index in [0.717, 1.165) is 31.9 Å². The quantitative estimate of drug-likeness (QED) is 0.730. The minimum Gasteiger partial charge on any atom is -0.506 e. The Labute approximate surface area is 94.9 Å². The van der Waals surface area contributed by atoms with E-state index >= 15 is 0 Å². The average Bonchev–Trinajstić information content (AvgIpc) is 2.30. The number of benzene rings is 1. The molecule has 0 spiro atoms. The van der Waals surface area contributed by atoms with Crippen LogP contribution in [-0.2, 0) is 0 Å². The number of rotatable bonds is 2. The first kappa shape index (κ1) is 11.0. The number of nitrogens with zero attached hydrogens (tertiary/aromatic N) is 1. The maximum Gasteiger partial charge on any atom is 0.159 e. The lowest BCUT2D eigenvalue weighted by Crippen LogP contribution is -2.43. The van der Waals surface area contributed by atoms with Crippen molar-refractivity contribution in [2.75, 3.05) is 31.1 Å². The van der Waals surface area contributed by atoms with Crippen LogP contribution in [0.2, 0.25) is 0 Å². The van der Waals surface area contributed by atoms with Crippen molar-refractivity contribution in [1.29, 1.82) is 0 Å². The van der Waals surface area contributed by atoms with Crippen molar-refractivity contribution >= 4 is 11.5 Å². The molecule has 0 saturated carbocycles. The first-order chi connectivity index (χ1) is 7.68. The van der Waals surface area contributed by atoms with Crippen LogP contribution in [0, 0.1) is 0 Å². The summed E-state index contributed by atoms with van der Waals surface area (Å²) < 4.78 is 0. The van der Waals surface area contributed by atoms with Crippen molar-refractivity contribution in [3.63, 3.8) is 0 Å². The molecular formula is C12H16N2O2. The lowest BCUT2D eigenvalue weighted by atomic mass is 10.1. The zero-order valence-electron chi connectivity index (χ0n) is 9.36. The van der Waals surface area contributed by atoms with Crippen LogP contribution in [0.15, 0.2) is 18.2 Å². The third-order valence-electron chi connectivity index (χ3n) is 2.84. The van der Waals surface area contributed by atoms with Gasteiger partial charge < -0.3 is 15.3 Å². The highest BCUT2D eigenvalue weighted by molar-refractivity contribution is 5.95. The predicted molar refractivity (Wildman–Crippen MR) is 63.2 cm³/mol. The van der Waals surface area contributed by atoms with Crippen LogP contribution in [0.1, 0.15) is 17.3 Å². The predicted octanol–water partition coefficient (Wildman–Crippen LogP) is 1.00. The molecule has 4 heteroatoms. The fourth-order valence-electron chi connectivity index (χ4n) is 1.90. The van der Waals surface area contributed by atoms with Gasteiger partial charge in [0.2, 0.25) is 0 Å². The van der Waals surface area contributed by atoms with Gasteiger partial charge in [-0.05, 0) is 25.1 Å². The van der Waals surface area contributed by atoms with Gasteiger partial charge in [-0.1, -0.05) is 0 Å². The van der Waals surface area contributed by atoms with E-state index in [0.29, 0.717) is 5.56 Å². The van der Waals surface area contributed by atoms with Gasteiger partial charge in [0, 0.05) is 31.7 Å². The molecule has 0 unspecified atom stereocenters. The van der Waals surface area contributed by atoms with Crippen LogP contribution in [-0.4, -0.2) is 37.1 Å². The lowest BCUT2D eigenvalue weighted by Gasteiger charge is -2.30. The Morgan fingerprint density at radius 3 is 2.69 bits per heavy atom. The fourth-order valence-corrected chi connectivity index (χ4v) is 1.90. The first-order valence-corrected chi connectivity index (χ1v) is 5.48. The Hall–Kier alpha value is -1.55. The number of aromatic hydroxyl groups is 1. The van der Waals surface area contributed by atoms with Crippen LogP contribution in [0.25, 0.3) is 0 Å². The molecule has 2 N–H and O–H groups in total. The molecule has 1 aromatic rings. The zero-order valence-corrected chi connectivity index (χ0v) is 9.36. The summed E-state index contributed by atoms with van der Waals surface area (Å²) >= 11 is 0. The average molecular weight is 220 g/mol. The molecule has 0 aliphatic carbocycles. The van der Waals surface area contributed by atoms with Gasteiger partial charge in [0.15, 0.2) is 5.78 Å². The largest absolute Gasteiger partial charge is 0.506 e. The van der Waals surface area contributed by atoms with E-state index in [2.05, 4.69) is 10.2 Å². The molecule has 1 aromatic carbocycles. The molecule has 2 rings (SSSR count). The summed E-state index contributed by atoms with van der Waals surface area (Å²) in [4.78, 5) is 13.4. The molecular weight excluding hydrogens is 204 g/mol. The molecule has 16 heavy (non-hydrogen) atoms. The number of phenols is 1. The molecule has 0 aromatic heterocycles. The molecule has 1 saturated heterocycles. The minimum atomic E-state index is 0.0244. The third-order valence-corrected chi connectivity index (χ3v) is 2.84. The van der Waals surface area contributed by atoms with E-state index in [1.54, 1.807) is 18.2 Å². The van der Waals surface area contributed by atoms with E-state index in [-0.39, 0.29) is 11.5 Å². The Morgan fingerprint density at radius 1 is 1.38 bits per heavy atom. The first-order valence-electron chi connectivity index (χ1n) is 5.48. The van der Waals surface area contributed by atoms with E-state index < -0.39 is 0 Å². The van der Waals surface area contributed by atoms with Crippen LogP contribution in [0.4, 0.5) is 5.69 Å². The van der Waals surface area contributed by atoms with Crippen molar-refractivity contribution < 1.29 is 9.90 Å². The van der Waals surface area contributed by atoms with Crippen LogP contribution in [0.3, 0.4) is 0 Å². The van der Waals surface area contributed by atoms with Crippen molar-refractivity contribution in [1.82, 2.24) is 5.32 Å². The molecule has 0 bridgehead atoms. The summed E-state index contributed by atoms with van der Waals surface area (Å²) in [5.74, 6) is 0.267. The van der Waals surface area contributed by atoms with Crippen LogP contribution in [0.5, 0.6) is 5.75 Å². The molecule has 1 fully saturated rings. The second-order valence-corrected chi connectivity index (χ2v) is 4.00. The van der Waals surface area contributed by atoms with Crippen molar-refractivity contribution in [3.05, 3.63) is 23.8 Å². The fraction of sp³-hybridized carbons (Fsp3) is 0.417. The number of hydrogen-bond acceptors (Lipinski definition) is 4. The number of ketones is 1. The van der Waals surface area contributed by atoms with Crippen molar-refractivity contribution in [2.45, 2.75) is 6.92 Å². The number of Topliss-reactive ketones (excluding diaryl/α,β-unsaturated/α-hetero) is 1. The third kappa shape index (κ3) is 2.17. The Morgan fingerprint density at radius 2 is 2.06 bits per heavy atom. The molecule has 1 aliphatic rings. The molecule has 0 atom stereocenters. The van der Waals surface area contributed by atoms with Gasteiger partial charge in [-0.15, -0.1) is 0 Å². The number of carbonyl (C=O) groups excluding carboxylic acids is 1. The molecule has 1 aliphatic heterocycles. The van der Waals surface area contributed by atoms with Crippen molar-refractivity contribution in [3.8, 4) is 5.75 Å². The summed E-state index contributed by atoms with van der Waals surface area (Å²) in [5.41, 5.74) is 1.40. The zero-order chi connectivity index (χ0) is 11.5. The summed E-state index contributed by atoms with van der Waals surface area (Å²) in [6.45, 7) is 5.06. The van der Waals surface area contributed by atoms with Gasteiger partial charge in [0.1, 0.15) is 5.75 Å². The SMILES string of the molecule is CC(=O)c1ccc(O)c(N2CCNCC2)c1. The molecule has 4 nitrogen and oxygen atoms in total.